The SMILES string of the molecule is COc1cc(/C=C2\C(=O)NC(=O)N(c3cc4c5c(c3)[C@@H](c3ccccc3)CCN5CC[C@@H]4c3ccccc3)C2=O)cc(Br)c1OCc1ccc(Cl)c(Cl)c1. The number of halogens is 3. The Morgan fingerprint density at radius 1 is 0.815 bits per heavy atom. The van der Waals surface area contributed by atoms with Gasteiger partial charge in [0.25, 0.3) is 11.8 Å². The zero-order chi connectivity index (χ0) is 37.5. The molecule has 0 bridgehead atoms. The maximum atomic E-state index is 14.4. The summed E-state index contributed by atoms with van der Waals surface area (Å²) in [7, 11) is 1.50. The summed E-state index contributed by atoms with van der Waals surface area (Å²) in [6.45, 7) is 1.99. The third-order valence-corrected chi connectivity index (χ3v) is 11.6. The third kappa shape index (κ3) is 6.76. The van der Waals surface area contributed by atoms with Crippen molar-refractivity contribution in [3.63, 3.8) is 0 Å². The van der Waals surface area contributed by atoms with Crippen molar-refractivity contribution in [2.24, 2.45) is 0 Å². The molecule has 3 heterocycles. The van der Waals surface area contributed by atoms with Gasteiger partial charge in [0.2, 0.25) is 0 Å². The second-order valence-corrected chi connectivity index (χ2v) is 15.2. The van der Waals surface area contributed by atoms with Crippen LogP contribution in [0.1, 0.15) is 58.1 Å². The first kappa shape index (κ1) is 35.9. The van der Waals surface area contributed by atoms with Gasteiger partial charge in [0, 0.05) is 30.6 Å². The molecule has 54 heavy (non-hydrogen) atoms. The van der Waals surface area contributed by atoms with Gasteiger partial charge in [-0.1, -0.05) is 89.9 Å². The molecule has 8 rings (SSSR count). The second-order valence-electron chi connectivity index (χ2n) is 13.5. The fourth-order valence-corrected chi connectivity index (χ4v) is 8.67. The van der Waals surface area contributed by atoms with Crippen LogP contribution in [0, 0.1) is 0 Å². The van der Waals surface area contributed by atoms with E-state index in [1.807, 2.05) is 54.6 Å². The summed E-state index contributed by atoms with van der Waals surface area (Å²) in [6, 6.07) is 32.4. The van der Waals surface area contributed by atoms with Crippen LogP contribution in [-0.2, 0) is 16.2 Å². The highest BCUT2D eigenvalue weighted by atomic mass is 79.9. The summed E-state index contributed by atoms with van der Waals surface area (Å²) in [5.74, 6) is -0.599. The summed E-state index contributed by atoms with van der Waals surface area (Å²) in [5.41, 5.74) is 7.14. The highest BCUT2D eigenvalue weighted by Gasteiger charge is 2.40. The number of ether oxygens (including phenoxy) is 2. The molecule has 0 saturated carbocycles. The predicted octanol–water partition coefficient (Wildman–Crippen LogP) is 9.89. The minimum absolute atomic E-state index is 0.0625. The average molecular weight is 824 g/mol. The predicted molar refractivity (Wildman–Crippen MR) is 215 cm³/mol. The molecule has 1 fully saturated rings. The zero-order valence-corrected chi connectivity index (χ0v) is 32.2. The van der Waals surface area contributed by atoms with Crippen molar-refractivity contribution >= 4 is 74.4 Å². The Morgan fingerprint density at radius 2 is 1.44 bits per heavy atom. The van der Waals surface area contributed by atoms with Crippen LogP contribution in [0.25, 0.3) is 6.08 Å². The van der Waals surface area contributed by atoms with E-state index < -0.39 is 17.8 Å². The van der Waals surface area contributed by atoms with Crippen LogP contribution in [-0.4, -0.2) is 38.0 Å². The lowest BCUT2D eigenvalue weighted by Crippen LogP contribution is -2.54. The van der Waals surface area contributed by atoms with Gasteiger partial charge in [-0.2, -0.15) is 0 Å². The van der Waals surface area contributed by atoms with Gasteiger partial charge in [0.05, 0.1) is 27.3 Å². The largest absolute Gasteiger partial charge is 0.493 e. The molecule has 1 N–H and O–H groups in total. The molecule has 11 heteroatoms. The standard InChI is InChI=1S/C43H34BrCl2N3O5/c1-53-38-21-26(19-35(44)40(38)54-24-25-12-13-36(45)37(46)20-25)18-34-41(50)47-43(52)49(42(34)51)29-22-32-30(27-8-4-2-5-9-27)14-16-48-17-15-31(33(23-29)39(32)48)28-10-6-3-7-11-28/h2-13,18-23,30-31H,14-17,24H2,1H3,(H,47,50,52)/b34-18+/t30-,31-/m1/s1. The molecule has 5 aromatic rings. The number of carbonyl (C=O) groups is 3. The van der Waals surface area contributed by atoms with Crippen LogP contribution >= 0.6 is 39.1 Å². The number of urea groups is 1. The van der Waals surface area contributed by atoms with Crippen molar-refractivity contribution in [1.82, 2.24) is 5.32 Å². The number of rotatable bonds is 8. The van der Waals surface area contributed by atoms with E-state index in [4.69, 9.17) is 32.7 Å². The number of anilines is 2. The molecule has 0 aliphatic carbocycles. The molecule has 3 aliphatic rings. The fourth-order valence-electron chi connectivity index (χ4n) is 7.78. The summed E-state index contributed by atoms with van der Waals surface area (Å²) < 4.78 is 12.3. The van der Waals surface area contributed by atoms with Crippen molar-refractivity contribution in [1.29, 1.82) is 0 Å². The van der Waals surface area contributed by atoms with Crippen LogP contribution in [0.2, 0.25) is 10.0 Å². The number of hydrogen-bond acceptors (Lipinski definition) is 6. The van der Waals surface area contributed by atoms with E-state index in [9.17, 15) is 14.4 Å². The molecule has 5 aromatic carbocycles. The smallest absolute Gasteiger partial charge is 0.335 e. The van der Waals surface area contributed by atoms with E-state index in [2.05, 4.69) is 50.4 Å². The number of hydrogen-bond donors (Lipinski definition) is 1. The Labute approximate surface area is 331 Å². The Balaban J connectivity index is 1.18. The Kier molecular flexibility index (Phi) is 9.96. The van der Waals surface area contributed by atoms with Crippen molar-refractivity contribution in [2.45, 2.75) is 31.3 Å². The van der Waals surface area contributed by atoms with Gasteiger partial charge in [-0.15, -0.1) is 0 Å². The number of amides is 4. The van der Waals surface area contributed by atoms with Gasteiger partial charge in [-0.3, -0.25) is 14.9 Å². The van der Waals surface area contributed by atoms with Crippen molar-refractivity contribution in [2.75, 3.05) is 30.0 Å². The molecule has 0 unspecified atom stereocenters. The number of imide groups is 2. The lowest BCUT2D eigenvalue weighted by atomic mass is 9.76. The summed E-state index contributed by atoms with van der Waals surface area (Å²) in [6.07, 6.45) is 3.24. The summed E-state index contributed by atoms with van der Waals surface area (Å²) in [4.78, 5) is 44.9. The van der Waals surface area contributed by atoms with Crippen molar-refractivity contribution in [3.05, 3.63) is 157 Å². The molecule has 4 amide bonds. The maximum absolute atomic E-state index is 14.4. The first-order chi connectivity index (χ1) is 26.2. The first-order valence-corrected chi connectivity index (χ1v) is 19.1. The van der Waals surface area contributed by atoms with Gasteiger partial charge in [-0.05, 0) is 105 Å². The van der Waals surface area contributed by atoms with Crippen LogP contribution in [0.4, 0.5) is 16.2 Å². The number of carbonyl (C=O) groups excluding carboxylic acids is 3. The van der Waals surface area contributed by atoms with Crippen molar-refractivity contribution < 1.29 is 23.9 Å². The van der Waals surface area contributed by atoms with Crippen molar-refractivity contribution in [3.8, 4) is 11.5 Å². The number of benzene rings is 5. The summed E-state index contributed by atoms with van der Waals surface area (Å²) in [5, 5.41) is 3.27. The Bertz CT molecular complexity index is 2260. The van der Waals surface area contributed by atoms with Crippen LogP contribution in [0.15, 0.2) is 113 Å². The molecule has 0 aromatic heterocycles. The highest BCUT2D eigenvalue weighted by molar-refractivity contribution is 9.10. The number of nitrogens with one attached hydrogen (secondary N) is 1. The Morgan fingerprint density at radius 3 is 2.04 bits per heavy atom. The molecular weight excluding hydrogens is 789 g/mol. The minimum atomic E-state index is -0.796. The monoisotopic (exact) mass is 821 g/mol. The van der Waals surface area contributed by atoms with Crippen LogP contribution in [0.3, 0.4) is 0 Å². The maximum Gasteiger partial charge on any atom is 0.335 e. The molecule has 2 atom stereocenters. The van der Waals surface area contributed by atoms with Gasteiger partial charge in [-0.25, -0.2) is 9.69 Å². The quantitative estimate of drug-likeness (QED) is 0.124. The van der Waals surface area contributed by atoms with E-state index in [1.54, 1.807) is 24.3 Å². The first-order valence-electron chi connectivity index (χ1n) is 17.6. The lowest BCUT2D eigenvalue weighted by Gasteiger charge is -2.44. The van der Waals surface area contributed by atoms with E-state index >= 15 is 0 Å². The van der Waals surface area contributed by atoms with Crippen LogP contribution < -0.4 is 24.6 Å². The molecular formula is C43H34BrCl2N3O5. The van der Waals surface area contributed by atoms with E-state index in [-0.39, 0.29) is 24.0 Å². The third-order valence-electron chi connectivity index (χ3n) is 10.3. The Hall–Kier alpha value is -5.09. The topological polar surface area (TPSA) is 88.2 Å². The van der Waals surface area contributed by atoms with Gasteiger partial charge in [0.1, 0.15) is 12.2 Å². The van der Waals surface area contributed by atoms with E-state index in [0.29, 0.717) is 37.3 Å². The molecule has 272 valence electrons. The second kappa shape index (κ2) is 15.0. The summed E-state index contributed by atoms with van der Waals surface area (Å²) >= 11 is 15.8. The van der Waals surface area contributed by atoms with E-state index in [0.717, 1.165) is 53.2 Å². The number of nitrogens with zero attached hydrogens (tertiary/aromatic N) is 2. The van der Waals surface area contributed by atoms with Gasteiger partial charge < -0.3 is 14.4 Å². The average Bonchev–Trinajstić information content (AvgIpc) is 3.18. The lowest BCUT2D eigenvalue weighted by molar-refractivity contribution is -0.122. The normalized spacial score (nSPS) is 18.7. The number of methoxy groups -OCH3 is 1. The highest BCUT2D eigenvalue weighted by Crippen LogP contribution is 2.50. The molecule has 1 saturated heterocycles. The van der Waals surface area contributed by atoms with Gasteiger partial charge >= 0.3 is 6.03 Å². The molecule has 3 aliphatic heterocycles. The molecule has 0 radical (unpaired) electrons. The fraction of sp³-hybridized carbons (Fsp3) is 0.186. The van der Waals surface area contributed by atoms with E-state index in [1.165, 1.54) is 24.3 Å². The molecule has 8 nitrogen and oxygen atoms in total. The zero-order valence-electron chi connectivity index (χ0n) is 29.2. The number of barbiturate groups is 1. The van der Waals surface area contributed by atoms with Gasteiger partial charge in [0.15, 0.2) is 11.5 Å². The minimum Gasteiger partial charge on any atom is -0.493 e. The molecule has 0 spiro atoms. The van der Waals surface area contributed by atoms with Crippen LogP contribution in [0.5, 0.6) is 11.5 Å².